The lowest BCUT2D eigenvalue weighted by molar-refractivity contribution is -0.385. The number of nitro benzene ring substituents is 1. The molecule has 1 saturated heterocycles. The Morgan fingerprint density at radius 1 is 1.38 bits per heavy atom. The van der Waals surface area contributed by atoms with Crippen molar-refractivity contribution in [3.8, 4) is 0 Å². The van der Waals surface area contributed by atoms with Gasteiger partial charge in [0, 0.05) is 12.1 Å². The summed E-state index contributed by atoms with van der Waals surface area (Å²) in [6.45, 7) is 5.18. The first-order valence-corrected chi connectivity index (χ1v) is 6.35. The van der Waals surface area contributed by atoms with Gasteiger partial charge in [-0.2, -0.15) is 0 Å². The number of carbonyl (C=O) groups excluding carboxylic acids is 1. The van der Waals surface area contributed by atoms with Crippen LogP contribution in [0.25, 0.3) is 0 Å². The molecule has 8 nitrogen and oxygen atoms in total. The summed E-state index contributed by atoms with van der Waals surface area (Å²) >= 11 is 0. The molecule has 1 aliphatic heterocycles. The highest BCUT2D eigenvalue weighted by molar-refractivity contribution is 5.86. The Morgan fingerprint density at radius 3 is 2.48 bits per heavy atom. The Hall–Kier alpha value is -2.03. The van der Waals surface area contributed by atoms with E-state index in [-0.39, 0.29) is 11.3 Å². The summed E-state index contributed by atoms with van der Waals surface area (Å²) in [6.07, 6.45) is 0. The number of amides is 1. The van der Waals surface area contributed by atoms with Gasteiger partial charge in [-0.25, -0.2) is 5.43 Å². The number of hydrazine groups is 1. The first-order chi connectivity index (χ1) is 9.55. The zero-order valence-corrected chi connectivity index (χ0v) is 11.9. The van der Waals surface area contributed by atoms with Crippen molar-refractivity contribution in [2.75, 3.05) is 0 Å². The summed E-state index contributed by atoms with van der Waals surface area (Å²) < 4.78 is 0. The number of nitro groups is 1. The molecule has 114 valence electrons. The van der Waals surface area contributed by atoms with Crippen molar-refractivity contribution in [2.45, 2.75) is 38.1 Å². The number of nitrogens with zero attached hydrogens (tertiary/aromatic N) is 2. The van der Waals surface area contributed by atoms with Gasteiger partial charge in [-0.1, -0.05) is 12.1 Å². The third-order valence-corrected chi connectivity index (χ3v) is 3.26. The first-order valence-electron chi connectivity index (χ1n) is 6.35. The third kappa shape index (κ3) is 2.60. The van der Waals surface area contributed by atoms with E-state index in [4.69, 9.17) is 0 Å². The van der Waals surface area contributed by atoms with Crippen LogP contribution in [0.5, 0.6) is 0 Å². The molecule has 1 unspecified atom stereocenters. The van der Waals surface area contributed by atoms with Crippen molar-refractivity contribution < 1.29 is 19.9 Å². The molecule has 1 amide bonds. The van der Waals surface area contributed by atoms with Crippen molar-refractivity contribution in [1.29, 1.82) is 0 Å². The predicted molar refractivity (Wildman–Crippen MR) is 72.7 cm³/mol. The van der Waals surface area contributed by atoms with Gasteiger partial charge in [0.2, 0.25) is 0 Å². The van der Waals surface area contributed by atoms with Crippen LogP contribution in [0.15, 0.2) is 24.3 Å². The summed E-state index contributed by atoms with van der Waals surface area (Å²) in [4.78, 5) is 22.3. The van der Waals surface area contributed by atoms with E-state index in [1.165, 1.54) is 24.3 Å². The molecular formula is C13H17N3O5. The quantitative estimate of drug-likeness (QED) is 0.415. The molecule has 0 saturated carbocycles. The number of benzene rings is 1. The lowest BCUT2D eigenvalue weighted by Crippen LogP contribution is -2.50. The third-order valence-electron chi connectivity index (χ3n) is 3.26. The Balaban J connectivity index is 2.42. The van der Waals surface area contributed by atoms with Crippen molar-refractivity contribution in [3.63, 3.8) is 0 Å². The SMILES string of the molecule is CC(C)(C)N1NC(c2cccc([N+](=O)[O-])c2)C(O)(O)C1=O. The van der Waals surface area contributed by atoms with Crippen LogP contribution in [0.2, 0.25) is 0 Å². The highest BCUT2D eigenvalue weighted by Crippen LogP contribution is 2.35. The second kappa shape index (κ2) is 4.76. The van der Waals surface area contributed by atoms with Crippen LogP contribution >= 0.6 is 0 Å². The molecule has 1 aliphatic rings. The molecule has 1 fully saturated rings. The molecule has 1 aromatic carbocycles. The summed E-state index contributed by atoms with van der Waals surface area (Å²) in [5, 5.41) is 32.1. The molecule has 2 rings (SSSR count). The molecule has 0 radical (unpaired) electrons. The van der Waals surface area contributed by atoms with E-state index >= 15 is 0 Å². The van der Waals surface area contributed by atoms with Gasteiger partial charge in [-0.3, -0.25) is 19.9 Å². The number of carbonyl (C=O) groups is 1. The lowest BCUT2D eigenvalue weighted by Gasteiger charge is -2.31. The second-order valence-electron chi connectivity index (χ2n) is 5.95. The van der Waals surface area contributed by atoms with Crippen LogP contribution in [0.4, 0.5) is 5.69 Å². The van der Waals surface area contributed by atoms with Gasteiger partial charge in [0.05, 0.1) is 10.5 Å². The van der Waals surface area contributed by atoms with Gasteiger partial charge in [-0.05, 0) is 26.3 Å². The minimum atomic E-state index is -2.66. The van der Waals surface area contributed by atoms with Crippen molar-refractivity contribution >= 4 is 11.6 Å². The molecule has 3 N–H and O–H groups in total. The fourth-order valence-electron chi connectivity index (χ4n) is 2.19. The Morgan fingerprint density at radius 2 is 2.00 bits per heavy atom. The van der Waals surface area contributed by atoms with E-state index in [2.05, 4.69) is 5.43 Å². The maximum Gasteiger partial charge on any atom is 0.299 e. The summed E-state index contributed by atoms with van der Waals surface area (Å²) in [6, 6.07) is 4.24. The van der Waals surface area contributed by atoms with E-state index in [0.29, 0.717) is 0 Å². The van der Waals surface area contributed by atoms with Gasteiger partial charge >= 0.3 is 0 Å². The topological polar surface area (TPSA) is 116 Å². The number of non-ortho nitro benzene ring substituents is 1. The van der Waals surface area contributed by atoms with E-state index in [0.717, 1.165) is 5.01 Å². The van der Waals surface area contributed by atoms with Gasteiger partial charge < -0.3 is 10.2 Å². The van der Waals surface area contributed by atoms with Gasteiger partial charge in [0.1, 0.15) is 6.04 Å². The molecule has 21 heavy (non-hydrogen) atoms. The van der Waals surface area contributed by atoms with Crippen molar-refractivity contribution in [1.82, 2.24) is 10.4 Å². The van der Waals surface area contributed by atoms with Crippen molar-refractivity contribution in [2.24, 2.45) is 0 Å². The average Bonchev–Trinajstić information content (AvgIpc) is 2.61. The monoisotopic (exact) mass is 295 g/mol. The number of hydrogen-bond donors (Lipinski definition) is 3. The van der Waals surface area contributed by atoms with E-state index in [9.17, 15) is 25.1 Å². The summed E-state index contributed by atoms with van der Waals surface area (Å²) in [7, 11) is 0. The standard InChI is InChI=1S/C13H17N3O5/c1-12(2,3)15-11(17)13(18,19)10(14-15)8-5-4-6-9(7-8)16(20)21/h4-7,10,14,18-19H,1-3H3. The van der Waals surface area contributed by atoms with E-state index in [1.807, 2.05) is 0 Å². The Labute approximate surface area is 121 Å². The molecule has 0 aromatic heterocycles. The summed E-state index contributed by atoms with van der Waals surface area (Å²) in [5.74, 6) is -3.56. The molecule has 0 spiro atoms. The van der Waals surface area contributed by atoms with Gasteiger partial charge in [0.15, 0.2) is 0 Å². The molecule has 0 aliphatic carbocycles. The second-order valence-corrected chi connectivity index (χ2v) is 5.95. The number of rotatable bonds is 2. The van der Waals surface area contributed by atoms with Gasteiger partial charge in [-0.15, -0.1) is 0 Å². The van der Waals surface area contributed by atoms with Crippen molar-refractivity contribution in [3.05, 3.63) is 39.9 Å². The zero-order chi connectivity index (χ0) is 16.0. The highest BCUT2D eigenvalue weighted by Gasteiger charge is 2.55. The minimum absolute atomic E-state index is 0.188. The molecular weight excluding hydrogens is 278 g/mol. The first kappa shape index (κ1) is 15.4. The average molecular weight is 295 g/mol. The Bertz CT molecular complexity index is 594. The van der Waals surface area contributed by atoms with Gasteiger partial charge in [0.25, 0.3) is 17.4 Å². The smallest absolute Gasteiger partial charge is 0.299 e. The van der Waals surface area contributed by atoms with Crippen LogP contribution in [-0.2, 0) is 4.79 Å². The fourth-order valence-corrected chi connectivity index (χ4v) is 2.19. The highest BCUT2D eigenvalue weighted by atomic mass is 16.6. The fraction of sp³-hybridized carbons (Fsp3) is 0.462. The Kier molecular flexibility index (Phi) is 3.48. The number of hydrogen-bond acceptors (Lipinski definition) is 6. The van der Waals surface area contributed by atoms with Crippen LogP contribution in [0.3, 0.4) is 0 Å². The predicted octanol–water partition coefficient (Wildman–Crippen LogP) is 0.462. The van der Waals surface area contributed by atoms with E-state index in [1.54, 1.807) is 20.8 Å². The minimum Gasteiger partial charge on any atom is -0.357 e. The van der Waals surface area contributed by atoms with Crippen LogP contribution in [0, 0.1) is 10.1 Å². The number of nitrogens with one attached hydrogen (secondary N) is 1. The number of aliphatic hydroxyl groups is 2. The van der Waals surface area contributed by atoms with Crippen LogP contribution in [0.1, 0.15) is 32.4 Å². The molecule has 1 aromatic rings. The normalized spacial score (nSPS) is 21.7. The maximum atomic E-state index is 12.1. The largest absolute Gasteiger partial charge is 0.357 e. The molecule has 8 heteroatoms. The van der Waals surface area contributed by atoms with E-state index < -0.39 is 28.2 Å². The molecule has 1 atom stereocenters. The van der Waals surface area contributed by atoms with Crippen LogP contribution < -0.4 is 5.43 Å². The van der Waals surface area contributed by atoms with Crippen LogP contribution in [-0.4, -0.2) is 37.4 Å². The lowest BCUT2D eigenvalue weighted by atomic mass is 9.99. The summed E-state index contributed by atoms with van der Waals surface area (Å²) in [5.41, 5.74) is 2.09. The molecule has 1 heterocycles. The molecule has 0 bridgehead atoms. The maximum absolute atomic E-state index is 12.1. The zero-order valence-electron chi connectivity index (χ0n) is 11.9.